The Morgan fingerprint density at radius 3 is 1.90 bits per heavy atom. The van der Waals surface area contributed by atoms with Crippen molar-refractivity contribution in [2.45, 2.75) is 89.8 Å². The van der Waals surface area contributed by atoms with E-state index in [4.69, 9.17) is 13.7 Å². The van der Waals surface area contributed by atoms with E-state index in [1.807, 2.05) is 6.07 Å². The molecule has 0 unspecified atom stereocenters. The molecule has 0 aliphatic carbocycles. The summed E-state index contributed by atoms with van der Waals surface area (Å²) in [4.78, 5) is 6.04. The molecule has 176 valence electrons. The van der Waals surface area contributed by atoms with Crippen LogP contribution in [0, 0.1) is 5.82 Å². The lowest BCUT2D eigenvalue weighted by Gasteiger charge is -2.41. The Balaban J connectivity index is 2.26. The molecule has 31 heavy (non-hydrogen) atoms. The Hall–Kier alpha value is -0.546. The van der Waals surface area contributed by atoms with Gasteiger partial charge in [-0.25, -0.2) is 4.39 Å². The maximum absolute atomic E-state index is 14.1. The molecule has 4 nitrogen and oxygen atoms in total. The molecule has 1 heterocycles. The molecule has 1 aromatic carbocycles. The molecular formula is C23H39BrFNO3Si2. The summed E-state index contributed by atoms with van der Waals surface area (Å²) in [7, 11) is -3.98. The monoisotopic (exact) mass is 531 g/mol. The van der Waals surface area contributed by atoms with E-state index in [9.17, 15) is 4.39 Å². The van der Waals surface area contributed by atoms with Gasteiger partial charge < -0.3 is 13.7 Å². The minimum atomic E-state index is -1.99. The van der Waals surface area contributed by atoms with E-state index in [0.717, 1.165) is 11.3 Å². The SMILES string of the molecule is CC(C)(C)[Si](C)(C)OCC1(CO[Si](C)(C)C(C)(C)C)CC(c2ccc(Br)c(F)c2)=NO1. The zero-order valence-corrected chi connectivity index (χ0v) is 24.4. The normalized spacial score (nSPS) is 17.5. The van der Waals surface area contributed by atoms with Gasteiger partial charge in [-0.2, -0.15) is 0 Å². The van der Waals surface area contributed by atoms with Crippen LogP contribution in [0.5, 0.6) is 0 Å². The minimum absolute atomic E-state index is 0.0889. The number of rotatable bonds is 7. The molecule has 1 aromatic rings. The van der Waals surface area contributed by atoms with Crippen LogP contribution >= 0.6 is 15.9 Å². The van der Waals surface area contributed by atoms with Gasteiger partial charge in [0.25, 0.3) is 0 Å². The van der Waals surface area contributed by atoms with Crippen molar-refractivity contribution in [3.63, 3.8) is 0 Å². The summed E-state index contributed by atoms with van der Waals surface area (Å²) in [5.41, 5.74) is 0.746. The standard InChI is InChI=1S/C23H39BrFNO3Si2/c1-21(2,3)30(7,8)27-15-23(16-28-31(9,10)22(4,5)6)14-20(26-29-23)17-11-12-18(24)19(25)13-17/h11-13H,14-16H2,1-10H3. The van der Waals surface area contributed by atoms with Crippen molar-refractivity contribution >= 4 is 38.3 Å². The van der Waals surface area contributed by atoms with Crippen molar-refractivity contribution in [2.75, 3.05) is 13.2 Å². The molecule has 0 amide bonds. The number of oxime groups is 1. The highest BCUT2D eigenvalue weighted by Crippen LogP contribution is 2.41. The summed E-state index contributed by atoms with van der Waals surface area (Å²) in [6.07, 6.45) is 0.525. The molecule has 0 bridgehead atoms. The molecule has 8 heteroatoms. The Labute approximate surface area is 198 Å². The average molecular weight is 533 g/mol. The lowest BCUT2D eigenvalue weighted by atomic mass is 9.96. The lowest BCUT2D eigenvalue weighted by molar-refractivity contribution is -0.0813. The van der Waals surface area contributed by atoms with Crippen LogP contribution in [0.25, 0.3) is 0 Å². The van der Waals surface area contributed by atoms with E-state index in [0.29, 0.717) is 24.1 Å². The van der Waals surface area contributed by atoms with Crippen LogP contribution in [0.4, 0.5) is 4.39 Å². The van der Waals surface area contributed by atoms with Gasteiger partial charge in [0.2, 0.25) is 0 Å². The van der Waals surface area contributed by atoms with Gasteiger partial charge in [-0.3, -0.25) is 0 Å². The largest absolute Gasteiger partial charge is 0.413 e. The first-order chi connectivity index (χ1) is 13.9. The molecule has 0 atom stereocenters. The van der Waals surface area contributed by atoms with Crippen LogP contribution in [0.15, 0.2) is 27.8 Å². The van der Waals surface area contributed by atoms with Crippen molar-refractivity contribution in [2.24, 2.45) is 5.16 Å². The predicted molar refractivity (Wildman–Crippen MR) is 135 cm³/mol. The van der Waals surface area contributed by atoms with Gasteiger partial charge in [-0.15, -0.1) is 0 Å². The van der Waals surface area contributed by atoms with Crippen LogP contribution < -0.4 is 0 Å². The third-order valence-corrected chi connectivity index (χ3v) is 16.7. The second kappa shape index (κ2) is 9.01. The number of hydrogen-bond acceptors (Lipinski definition) is 4. The highest BCUT2D eigenvalue weighted by Gasteiger charge is 2.47. The van der Waals surface area contributed by atoms with Crippen molar-refractivity contribution in [3.05, 3.63) is 34.1 Å². The first-order valence-corrected chi connectivity index (χ1v) is 17.5. The molecule has 2 rings (SSSR count). The highest BCUT2D eigenvalue weighted by atomic mass is 79.9. The van der Waals surface area contributed by atoms with E-state index in [2.05, 4.69) is 88.8 Å². The zero-order valence-electron chi connectivity index (χ0n) is 20.8. The first kappa shape index (κ1) is 26.7. The van der Waals surface area contributed by atoms with Crippen LogP contribution in [-0.2, 0) is 13.7 Å². The zero-order chi connectivity index (χ0) is 23.9. The molecule has 0 fully saturated rings. The van der Waals surface area contributed by atoms with Crippen molar-refractivity contribution in [1.29, 1.82) is 0 Å². The molecular weight excluding hydrogens is 493 g/mol. The molecule has 0 spiro atoms. The molecule has 0 saturated heterocycles. The fourth-order valence-electron chi connectivity index (χ4n) is 2.61. The Kier molecular flexibility index (Phi) is 7.76. The number of hydrogen-bond donors (Lipinski definition) is 0. The Bertz CT molecular complexity index is 799. The van der Waals surface area contributed by atoms with E-state index < -0.39 is 22.2 Å². The summed E-state index contributed by atoms with van der Waals surface area (Å²) in [6, 6.07) is 5.05. The summed E-state index contributed by atoms with van der Waals surface area (Å²) >= 11 is 3.21. The maximum Gasteiger partial charge on any atom is 0.192 e. The molecule has 0 N–H and O–H groups in total. The van der Waals surface area contributed by atoms with Gasteiger partial charge >= 0.3 is 0 Å². The van der Waals surface area contributed by atoms with Crippen molar-refractivity contribution in [3.8, 4) is 0 Å². The Morgan fingerprint density at radius 2 is 1.48 bits per heavy atom. The fourth-order valence-corrected chi connectivity index (χ4v) is 4.97. The van der Waals surface area contributed by atoms with Crippen molar-refractivity contribution in [1.82, 2.24) is 0 Å². The molecule has 0 radical (unpaired) electrons. The summed E-state index contributed by atoms with van der Waals surface area (Å²) in [6.45, 7) is 23.1. The van der Waals surface area contributed by atoms with Crippen molar-refractivity contribution < 1.29 is 18.1 Å². The van der Waals surface area contributed by atoms with E-state index in [1.54, 1.807) is 6.07 Å². The van der Waals surface area contributed by atoms with E-state index >= 15 is 0 Å². The van der Waals surface area contributed by atoms with Crippen LogP contribution in [0.3, 0.4) is 0 Å². The van der Waals surface area contributed by atoms with E-state index in [1.165, 1.54) is 6.07 Å². The second-order valence-electron chi connectivity index (χ2n) is 11.7. The van der Waals surface area contributed by atoms with Crippen LogP contribution in [0.2, 0.25) is 36.3 Å². The Morgan fingerprint density at radius 1 is 1.00 bits per heavy atom. The topological polar surface area (TPSA) is 40.0 Å². The van der Waals surface area contributed by atoms with Gasteiger partial charge in [0, 0.05) is 12.0 Å². The number of halogens is 2. The molecule has 0 aromatic heterocycles. The third kappa shape index (κ3) is 6.28. The predicted octanol–water partition coefficient (Wildman–Crippen LogP) is 7.50. The number of nitrogens with zero attached hydrogens (tertiary/aromatic N) is 1. The minimum Gasteiger partial charge on any atom is -0.413 e. The van der Waals surface area contributed by atoms with Gasteiger partial charge in [0.1, 0.15) is 5.82 Å². The summed E-state index contributed by atoms with van der Waals surface area (Å²) in [5, 5.41) is 4.54. The maximum atomic E-state index is 14.1. The van der Waals surface area contributed by atoms with Gasteiger partial charge in [-0.1, -0.05) is 52.8 Å². The highest BCUT2D eigenvalue weighted by molar-refractivity contribution is 9.10. The fraction of sp³-hybridized carbons (Fsp3) is 0.696. The third-order valence-electron chi connectivity index (χ3n) is 7.10. The number of benzene rings is 1. The molecule has 1 aliphatic heterocycles. The van der Waals surface area contributed by atoms with Gasteiger partial charge in [0.15, 0.2) is 22.2 Å². The summed E-state index contributed by atoms with van der Waals surface area (Å²) in [5.74, 6) is -0.312. The van der Waals surface area contributed by atoms with Crippen LogP contribution in [0.1, 0.15) is 53.5 Å². The molecule has 1 aliphatic rings. The van der Waals surface area contributed by atoms with E-state index in [-0.39, 0.29) is 15.9 Å². The summed E-state index contributed by atoms with van der Waals surface area (Å²) < 4.78 is 27.7. The molecule has 0 saturated carbocycles. The quantitative estimate of drug-likeness (QED) is 0.342. The van der Waals surface area contributed by atoms with Gasteiger partial charge in [-0.05, 0) is 64.3 Å². The average Bonchev–Trinajstić information content (AvgIpc) is 3.04. The first-order valence-electron chi connectivity index (χ1n) is 10.9. The van der Waals surface area contributed by atoms with Gasteiger partial charge in [0.05, 0.1) is 23.4 Å². The lowest BCUT2D eigenvalue weighted by Crippen LogP contribution is -2.51. The smallest absolute Gasteiger partial charge is 0.192 e. The second-order valence-corrected chi connectivity index (χ2v) is 22.2. The van der Waals surface area contributed by atoms with Crippen LogP contribution in [-0.4, -0.2) is 41.2 Å².